The van der Waals surface area contributed by atoms with E-state index in [1.807, 2.05) is 0 Å². The number of esters is 2. The van der Waals surface area contributed by atoms with Crippen molar-refractivity contribution in [3.63, 3.8) is 0 Å². The number of carbonyl (C=O) groups is 2. The summed E-state index contributed by atoms with van der Waals surface area (Å²) in [4.78, 5) is 21.8. The Morgan fingerprint density at radius 2 is 1.77 bits per heavy atom. The third-order valence-corrected chi connectivity index (χ3v) is 1.30. The van der Waals surface area contributed by atoms with Crippen LogP contribution in [0.15, 0.2) is 24.3 Å². The van der Waals surface area contributed by atoms with Gasteiger partial charge in [0.05, 0.1) is 11.7 Å². The molecule has 0 saturated carbocycles. The minimum Gasteiger partial charge on any atom is -0.388 e. The molecule has 1 N–H and O–H groups in total. The van der Waals surface area contributed by atoms with Crippen LogP contribution in [0.2, 0.25) is 0 Å². The lowest BCUT2D eigenvalue weighted by Gasteiger charge is -2.06. The van der Waals surface area contributed by atoms with E-state index in [0.29, 0.717) is 0 Å². The molecule has 0 aromatic rings. The summed E-state index contributed by atoms with van der Waals surface area (Å²) in [6.45, 7) is 9.33. The number of carbonyl (C=O) groups excluding carboxylic acids is 2. The van der Waals surface area contributed by atoms with E-state index in [0.717, 1.165) is 0 Å². The molecule has 0 aromatic heterocycles. The lowest BCUT2D eigenvalue weighted by molar-refractivity contribution is -0.154. The molecule has 13 heavy (non-hydrogen) atoms. The van der Waals surface area contributed by atoms with E-state index < -0.39 is 18.0 Å². The van der Waals surface area contributed by atoms with Crippen molar-refractivity contribution >= 4 is 11.9 Å². The van der Waals surface area contributed by atoms with Crippen LogP contribution in [0.5, 0.6) is 0 Å². The molecule has 0 heterocycles. The predicted molar refractivity (Wildman–Crippen MR) is 46.7 cm³/mol. The standard InChI is InChI=1S/C9H12O4/c1-5(2)8(11)13-9(12)6(3)7(4)10/h7,10H,1,3H2,2,4H3. The summed E-state index contributed by atoms with van der Waals surface area (Å²) in [5, 5.41) is 8.91. The van der Waals surface area contributed by atoms with Crippen LogP contribution in [-0.2, 0) is 14.3 Å². The van der Waals surface area contributed by atoms with Crippen LogP contribution in [0.25, 0.3) is 0 Å². The largest absolute Gasteiger partial charge is 0.388 e. The van der Waals surface area contributed by atoms with Crippen molar-refractivity contribution in [1.82, 2.24) is 0 Å². The molecule has 0 aliphatic heterocycles. The van der Waals surface area contributed by atoms with Crippen LogP contribution in [-0.4, -0.2) is 23.1 Å². The molecule has 0 radical (unpaired) electrons. The third kappa shape index (κ3) is 3.66. The Morgan fingerprint density at radius 3 is 2.08 bits per heavy atom. The van der Waals surface area contributed by atoms with Gasteiger partial charge in [-0.2, -0.15) is 0 Å². The van der Waals surface area contributed by atoms with Gasteiger partial charge in [-0.05, 0) is 13.8 Å². The number of rotatable bonds is 3. The summed E-state index contributed by atoms with van der Waals surface area (Å²) in [5.41, 5.74) is -0.0404. The zero-order valence-electron chi connectivity index (χ0n) is 7.66. The van der Waals surface area contributed by atoms with Gasteiger partial charge in [0.15, 0.2) is 0 Å². The van der Waals surface area contributed by atoms with Crippen molar-refractivity contribution in [2.45, 2.75) is 20.0 Å². The number of ether oxygens (including phenoxy) is 1. The van der Waals surface area contributed by atoms with Gasteiger partial charge >= 0.3 is 11.9 Å². The second-order valence-electron chi connectivity index (χ2n) is 2.66. The Labute approximate surface area is 76.5 Å². The van der Waals surface area contributed by atoms with Gasteiger partial charge in [0.2, 0.25) is 0 Å². The van der Waals surface area contributed by atoms with E-state index in [-0.39, 0.29) is 11.1 Å². The second kappa shape index (κ2) is 4.57. The van der Waals surface area contributed by atoms with Crippen molar-refractivity contribution < 1.29 is 19.4 Å². The topological polar surface area (TPSA) is 63.6 Å². The van der Waals surface area contributed by atoms with Crippen molar-refractivity contribution in [2.75, 3.05) is 0 Å². The van der Waals surface area contributed by atoms with Crippen LogP contribution in [0.3, 0.4) is 0 Å². The monoisotopic (exact) mass is 184 g/mol. The second-order valence-corrected chi connectivity index (χ2v) is 2.66. The molecule has 0 amide bonds. The Hall–Kier alpha value is -1.42. The van der Waals surface area contributed by atoms with E-state index >= 15 is 0 Å². The SMILES string of the molecule is C=C(C)C(=O)OC(=O)C(=C)C(C)O. The predicted octanol–water partition coefficient (Wildman–Crippen LogP) is 0.569. The highest BCUT2D eigenvalue weighted by molar-refractivity contribution is 6.01. The first-order chi connectivity index (χ1) is 5.86. The van der Waals surface area contributed by atoms with E-state index in [4.69, 9.17) is 5.11 Å². The molecule has 4 nitrogen and oxygen atoms in total. The van der Waals surface area contributed by atoms with E-state index in [1.165, 1.54) is 13.8 Å². The average molecular weight is 184 g/mol. The highest BCUT2D eigenvalue weighted by Gasteiger charge is 2.17. The van der Waals surface area contributed by atoms with E-state index in [1.54, 1.807) is 0 Å². The van der Waals surface area contributed by atoms with Gasteiger partial charge in [0, 0.05) is 5.57 Å². The van der Waals surface area contributed by atoms with E-state index in [2.05, 4.69) is 17.9 Å². The zero-order valence-corrected chi connectivity index (χ0v) is 7.66. The molecule has 0 aromatic carbocycles. The molecular weight excluding hydrogens is 172 g/mol. The Bertz CT molecular complexity index is 263. The van der Waals surface area contributed by atoms with Crippen molar-refractivity contribution in [2.24, 2.45) is 0 Å². The molecule has 0 aliphatic rings. The molecule has 1 unspecified atom stereocenters. The summed E-state index contributed by atoms with van der Waals surface area (Å²) in [6, 6.07) is 0. The van der Waals surface area contributed by atoms with E-state index in [9.17, 15) is 9.59 Å². The van der Waals surface area contributed by atoms with Gasteiger partial charge < -0.3 is 9.84 Å². The van der Waals surface area contributed by atoms with Crippen LogP contribution in [0.4, 0.5) is 0 Å². The lowest BCUT2D eigenvalue weighted by atomic mass is 10.2. The highest BCUT2D eigenvalue weighted by atomic mass is 16.6. The molecule has 72 valence electrons. The van der Waals surface area contributed by atoms with Gasteiger partial charge in [-0.3, -0.25) is 0 Å². The minimum atomic E-state index is -1.02. The number of aliphatic hydroxyl groups excluding tert-OH is 1. The first-order valence-electron chi connectivity index (χ1n) is 3.65. The molecule has 0 saturated heterocycles. The van der Waals surface area contributed by atoms with Crippen LogP contribution in [0.1, 0.15) is 13.8 Å². The summed E-state index contributed by atoms with van der Waals surface area (Å²) >= 11 is 0. The van der Waals surface area contributed by atoms with Gasteiger partial charge in [-0.25, -0.2) is 9.59 Å². The smallest absolute Gasteiger partial charge is 0.343 e. The fourth-order valence-electron chi connectivity index (χ4n) is 0.407. The summed E-state index contributed by atoms with van der Waals surface area (Å²) in [6.07, 6.45) is -1.02. The quantitative estimate of drug-likeness (QED) is 0.395. The first kappa shape index (κ1) is 11.6. The molecule has 0 fully saturated rings. The first-order valence-corrected chi connectivity index (χ1v) is 3.65. The minimum absolute atomic E-state index is 0.117. The molecule has 4 heteroatoms. The highest BCUT2D eigenvalue weighted by Crippen LogP contribution is 2.03. The summed E-state index contributed by atoms with van der Waals surface area (Å²) in [7, 11) is 0. The summed E-state index contributed by atoms with van der Waals surface area (Å²) < 4.78 is 4.30. The maximum atomic E-state index is 11.0. The third-order valence-electron chi connectivity index (χ3n) is 1.30. The van der Waals surface area contributed by atoms with Crippen LogP contribution >= 0.6 is 0 Å². The fraction of sp³-hybridized carbons (Fsp3) is 0.333. The van der Waals surface area contributed by atoms with Gasteiger partial charge in [-0.15, -0.1) is 0 Å². The Balaban J connectivity index is 4.25. The van der Waals surface area contributed by atoms with Crippen molar-refractivity contribution in [1.29, 1.82) is 0 Å². The number of hydrogen-bond acceptors (Lipinski definition) is 4. The van der Waals surface area contributed by atoms with Gasteiger partial charge in [-0.1, -0.05) is 13.2 Å². The van der Waals surface area contributed by atoms with Crippen molar-refractivity contribution in [3.05, 3.63) is 24.3 Å². The van der Waals surface area contributed by atoms with Gasteiger partial charge in [0.1, 0.15) is 0 Å². The van der Waals surface area contributed by atoms with Crippen LogP contribution < -0.4 is 0 Å². The Kier molecular flexibility index (Phi) is 4.07. The lowest BCUT2D eigenvalue weighted by Crippen LogP contribution is -2.20. The molecule has 0 aliphatic carbocycles. The maximum absolute atomic E-state index is 11.0. The molecule has 0 rings (SSSR count). The molecule has 0 spiro atoms. The summed E-state index contributed by atoms with van der Waals surface area (Å²) in [5.74, 6) is -1.74. The molecular formula is C9H12O4. The normalized spacial score (nSPS) is 11.6. The zero-order chi connectivity index (χ0) is 10.6. The number of hydrogen-bond donors (Lipinski definition) is 1. The fourth-order valence-corrected chi connectivity index (χ4v) is 0.407. The maximum Gasteiger partial charge on any atom is 0.343 e. The van der Waals surface area contributed by atoms with Crippen molar-refractivity contribution in [3.8, 4) is 0 Å². The van der Waals surface area contributed by atoms with Gasteiger partial charge in [0.25, 0.3) is 0 Å². The molecule has 0 bridgehead atoms. The van der Waals surface area contributed by atoms with Crippen LogP contribution in [0, 0.1) is 0 Å². The average Bonchev–Trinajstić information content (AvgIpc) is 2.02. The number of aliphatic hydroxyl groups is 1. The molecule has 1 atom stereocenters. The Morgan fingerprint density at radius 1 is 1.31 bits per heavy atom.